The van der Waals surface area contributed by atoms with Crippen LogP contribution in [-0.2, 0) is 0 Å². The molecule has 1 aliphatic carbocycles. The number of nitrogens with zero attached hydrogens (tertiary/aromatic N) is 1. The number of rotatable bonds is 3. The Hall–Kier alpha value is -1.38. The summed E-state index contributed by atoms with van der Waals surface area (Å²) >= 11 is 0. The van der Waals surface area contributed by atoms with E-state index >= 15 is 0 Å². The summed E-state index contributed by atoms with van der Waals surface area (Å²) in [5, 5.41) is 0. The summed E-state index contributed by atoms with van der Waals surface area (Å²) in [6.45, 7) is 4.52. The molecule has 2 rings (SSSR count). The Bertz CT molecular complexity index is 430. The van der Waals surface area contributed by atoms with Crippen molar-refractivity contribution in [2.45, 2.75) is 33.1 Å². The van der Waals surface area contributed by atoms with E-state index < -0.39 is 0 Å². The topological polar surface area (TPSA) is 39.2 Å². The zero-order valence-electron chi connectivity index (χ0n) is 11.3. The first kappa shape index (κ1) is 13.1. The van der Waals surface area contributed by atoms with Crippen LogP contribution in [0.5, 0.6) is 5.75 Å². The molecule has 1 saturated carbocycles. The average molecular weight is 247 g/mol. The summed E-state index contributed by atoms with van der Waals surface area (Å²) in [6.07, 6.45) is 6.40. The van der Waals surface area contributed by atoms with Crippen LogP contribution in [0.1, 0.15) is 43.5 Å². The van der Waals surface area contributed by atoms with Crippen molar-refractivity contribution in [3.05, 3.63) is 24.0 Å². The summed E-state index contributed by atoms with van der Waals surface area (Å²) < 4.78 is 5.22. The second-order valence-electron chi connectivity index (χ2n) is 5.40. The lowest BCUT2D eigenvalue weighted by molar-refractivity contribution is 0.0834. The Morgan fingerprint density at radius 2 is 2.11 bits per heavy atom. The van der Waals surface area contributed by atoms with Gasteiger partial charge in [-0.25, -0.2) is 0 Å². The third kappa shape index (κ3) is 2.55. The van der Waals surface area contributed by atoms with Gasteiger partial charge in [0.2, 0.25) is 0 Å². The molecule has 1 aromatic heterocycles. The van der Waals surface area contributed by atoms with Crippen molar-refractivity contribution in [1.82, 2.24) is 4.98 Å². The van der Waals surface area contributed by atoms with E-state index in [1.165, 1.54) is 0 Å². The minimum Gasteiger partial charge on any atom is -0.494 e. The largest absolute Gasteiger partial charge is 0.494 e. The van der Waals surface area contributed by atoms with Crippen molar-refractivity contribution in [3.63, 3.8) is 0 Å². The Morgan fingerprint density at radius 1 is 1.33 bits per heavy atom. The average Bonchev–Trinajstić information content (AvgIpc) is 2.41. The highest BCUT2D eigenvalue weighted by atomic mass is 16.5. The maximum atomic E-state index is 12.5. The van der Waals surface area contributed by atoms with Gasteiger partial charge in [-0.15, -0.1) is 0 Å². The molecule has 0 aliphatic heterocycles. The number of Topliss-reactive ketones (excluding diaryl/α,β-unsaturated/α-hetero) is 1. The molecule has 98 valence electrons. The standard InChI is InChI=1S/C15H21NO2/c1-10-4-5-12(8-11(10)2)15(17)13-6-7-16-9-14(13)18-3/h6-7,9-12H,4-5,8H2,1-3H3. The lowest BCUT2D eigenvalue weighted by atomic mass is 9.73. The zero-order valence-corrected chi connectivity index (χ0v) is 11.3. The van der Waals surface area contributed by atoms with Gasteiger partial charge in [-0.05, 0) is 37.2 Å². The number of ketones is 1. The van der Waals surface area contributed by atoms with Gasteiger partial charge in [0.15, 0.2) is 5.78 Å². The van der Waals surface area contributed by atoms with Gasteiger partial charge in [-0.1, -0.05) is 13.8 Å². The molecular formula is C15H21NO2. The number of carbonyl (C=O) groups is 1. The first-order chi connectivity index (χ1) is 8.63. The van der Waals surface area contributed by atoms with Crippen molar-refractivity contribution in [2.24, 2.45) is 17.8 Å². The molecule has 3 heteroatoms. The molecule has 1 aromatic rings. The molecule has 18 heavy (non-hydrogen) atoms. The summed E-state index contributed by atoms with van der Waals surface area (Å²) in [5.41, 5.74) is 0.680. The van der Waals surface area contributed by atoms with Crippen LogP contribution in [0.25, 0.3) is 0 Å². The van der Waals surface area contributed by atoms with E-state index in [-0.39, 0.29) is 11.7 Å². The van der Waals surface area contributed by atoms with Gasteiger partial charge in [-0.2, -0.15) is 0 Å². The Balaban J connectivity index is 2.16. The first-order valence-electron chi connectivity index (χ1n) is 6.65. The maximum absolute atomic E-state index is 12.5. The van der Waals surface area contributed by atoms with Crippen LogP contribution < -0.4 is 4.74 Å². The molecule has 0 bridgehead atoms. The van der Waals surface area contributed by atoms with Crippen molar-refractivity contribution in [3.8, 4) is 5.75 Å². The van der Waals surface area contributed by atoms with E-state index in [0.29, 0.717) is 17.2 Å². The molecule has 0 aromatic carbocycles. The fourth-order valence-corrected chi connectivity index (χ4v) is 2.75. The number of methoxy groups -OCH3 is 1. The Kier molecular flexibility index (Phi) is 4.00. The quantitative estimate of drug-likeness (QED) is 0.769. The van der Waals surface area contributed by atoms with Crippen LogP contribution in [0.2, 0.25) is 0 Å². The predicted molar refractivity (Wildman–Crippen MR) is 70.8 cm³/mol. The molecule has 1 aliphatic rings. The number of hydrogen-bond donors (Lipinski definition) is 0. The molecule has 1 heterocycles. The van der Waals surface area contributed by atoms with E-state index in [2.05, 4.69) is 18.8 Å². The fraction of sp³-hybridized carbons (Fsp3) is 0.600. The van der Waals surface area contributed by atoms with Crippen molar-refractivity contribution >= 4 is 5.78 Å². The highest BCUT2D eigenvalue weighted by Crippen LogP contribution is 2.36. The number of carbonyl (C=O) groups excluding carboxylic acids is 1. The second kappa shape index (κ2) is 5.51. The molecule has 0 radical (unpaired) electrons. The third-order valence-electron chi connectivity index (χ3n) is 4.24. The summed E-state index contributed by atoms with van der Waals surface area (Å²) in [6, 6.07) is 1.77. The number of ether oxygens (including phenoxy) is 1. The lowest BCUT2D eigenvalue weighted by Crippen LogP contribution is -2.26. The second-order valence-corrected chi connectivity index (χ2v) is 5.40. The van der Waals surface area contributed by atoms with Gasteiger partial charge in [0, 0.05) is 12.1 Å². The van der Waals surface area contributed by atoms with Crippen LogP contribution in [0.15, 0.2) is 18.5 Å². The fourth-order valence-electron chi connectivity index (χ4n) is 2.75. The minimum absolute atomic E-state index is 0.146. The summed E-state index contributed by atoms with van der Waals surface area (Å²) in [7, 11) is 1.58. The monoisotopic (exact) mass is 247 g/mol. The number of hydrogen-bond acceptors (Lipinski definition) is 3. The van der Waals surface area contributed by atoms with Crippen LogP contribution in [0, 0.1) is 17.8 Å². The summed E-state index contributed by atoms with van der Waals surface area (Å²) in [4.78, 5) is 16.5. The van der Waals surface area contributed by atoms with Crippen LogP contribution >= 0.6 is 0 Å². The predicted octanol–water partition coefficient (Wildman–Crippen LogP) is 3.35. The Labute approximate surface area is 109 Å². The smallest absolute Gasteiger partial charge is 0.169 e. The third-order valence-corrected chi connectivity index (χ3v) is 4.24. The molecule has 0 spiro atoms. The SMILES string of the molecule is COc1cnccc1C(=O)C1CCC(C)C(C)C1. The van der Waals surface area contributed by atoms with Crippen LogP contribution in [0.3, 0.4) is 0 Å². The van der Waals surface area contributed by atoms with E-state index in [0.717, 1.165) is 25.2 Å². The molecule has 0 saturated heterocycles. The van der Waals surface area contributed by atoms with Gasteiger partial charge in [0.05, 0.1) is 18.9 Å². The van der Waals surface area contributed by atoms with Crippen molar-refractivity contribution < 1.29 is 9.53 Å². The van der Waals surface area contributed by atoms with Crippen LogP contribution in [-0.4, -0.2) is 17.9 Å². The highest BCUT2D eigenvalue weighted by Gasteiger charge is 2.30. The Morgan fingerprint density at radius 3 is 2.78 bits per heavy atom. The van der Waals surface area contributed by atoms with Crippen LogP contribution in [0.4, 0.5) is 0 Å². The van der Waals surface area contributed by atoms with Gasteiger partial charge in [-0.3, -0.25) is 9.78 Å². The molecule has 0 N–H and O–H groups in total. The molecule has 0 amide bonds. The minimum atomic E-state index is 0.146. The molecule has 1 fully saturated rings. The summed E-state index contributed by atoms with van der Waals surface area (Å²) in [5.74, 6) is 2.31. The molecule has 3 unspecified atom stereocenters. The maximum Gasteiger partial charge on any atom is 0.169 e. The normalized spacial score (nSPS) is 27.8. The number of aromatic nitrogens is 1. The first-order valence-corrected chi connectivity index (χ1v) is 6.65. The zero-order chi connectivity index (χ0) is 13.1. The molecule has 3 atom stereocenters. The van der Waals surface area contributed by atoms with Crippen molar-refractivity contribution in [1.29, 1.82) is 0 Å². The van der Waals surface area contributed by atoms with E-state index in [9.17, 15) is 4.79 Å². The molecule has 3 nitrogen and oxygen atoms in total. The van der Waals surface area contributed by atoms with Gasteiger partial charge in [0.25, 0.3) is 0 Å². The van der Waals surface area contributed by atoms with E-state index in [1.807, 2.05) is 0 Å². The lowest BCUT2D eigenvalue weighted by Gasteiger charge is -2.31. The van der Waals surface area contributed by atoms with Gasteiger partial charge >= 0.3 is 0 Å². The van der Waals surface area contributed by atoms with Crippen molar-refractivity contribution in [2.75, 3.05) is 7.11 Å². The van der Waals surface area contributed by atoms with E-state index in [4.69, 9.17) is 4.74 Å². The van der Waals surface area contributed by atoms with Gasteiger partial charge in [0.1, 0.15) is 5.75 Å². The highest BCUT2D eigenvalue weighted by molar-refractivity contribution is 6.00. The molecular weight excluding hydrogens is 226 g/mol. The van der Waals surface area contributed by atoms with Gasteiger partial charge < -0.3 is 4.74 Å². The number of pyridine rings is 1. The van der Waals surface area contributed by atoms with E-state index in [1.54, 1.807) is 25.6 Å².